The molecule has 11 atom stereocenters. The van der Waals surface area contributed by atoms with Crippen LogP contribution in [0.25, 0.3) is 17.0 Å². The van der Waals surface area contributed by atoms with Crippen LogP contribution in [0.1, 0.15) is 93.0 Å². The molecule has 9 nitrogen and oxygen atoms in total. The lowest BCUT2D eigenvalue weighted by Crippen LogP contribution is -2.68. The molecule has 2 bridgehead atoms. The van der Waals surface area contributed by atoms with Crippen molar-refractivity contribution in [3.63, 3.8) is 0 Å². The second-order valence-corrected chi connectivity index (χ2v) is 17.7. The number of allylic oxidation sites excluding steroid dienone is 1. The summed E-state index contributed by atoms with van der Waals surface area (Å²) in [5, 5.41) is 28.1. The Morgan fingerprint density at radius 1 is 1.04 bits per heavy atom. The van der Waals surface area contributed by atoms with Crippen molar-refractivity contribution in [3.8, 4) is 11.4 Å². The van der Waals surface area contributed by atoms with Gasteiger partial charge in [0.25, 0.3) is 0 Å². The third-order valence-corrected chi connectivity index (χ3v) is 15.7. The molecule has 0 radical (unpaired) electrons. The Hall–Kier alpha value is -3.04. The fourth-order valence-corrected chi connectivity index (χ4v) is 12.6. The number of fused-ring (bicyclic) bond motifs is 4. The zero-order valence-corrected chi connectivity index (χ0v) is 29.7. The number of carboxylic acids is 1. The highest BCUT2D eigenvalue weighted by atomic mass is 16.5. The molecule has 0 unspecified atom stereocenters. The number of aliphatic hydroxyl groups is 1. The summed E-state index contributed by atoms with van der Waals surface area (Å²) in [5.41, 5.74) is 1.71. The Balaban J connectivity index is 1.23. The molecule has 0 aromatic carbocycles. The van der Waals surface area contributed by atoms with Gasteiger partial charge in [-0.3, -0.25) is 4.79 Å². The van der Waals surface area contributed by atoms with Gasteiger partial charge >= 0.3 is 5.97 Å². The average molecular weight is 656 g/mol. The standard InChI is InChI=1S/C39H53N5O4/c1-23(2)24(3)35(4)13-14-37(6)26-8-9-29-36(5)20-48-21-39(29,27(26)10-12-38(37,7)31(35)34(46)47)19-28(32(36)45)44-33(41-22-42-44)25-11-16-43-17-15-40-30(43)18-25/h10-11,15-18,22-24,26,28-29,31-32,45H,8-9,12-14,19-21H2,1-7H3,(H,46,47)/t24-,26+,28-,29+,31-,32+,35-,36-,37-,38+,39+/m1/s1. The maximum absolute atomic E-state index is 13.4. The van der Waals surface area contributed by atoms with Gasteiger partial charge in [-0.1, -0.05) is 60.1 Å². The van der Waals surface area contributed by atoms with Crippen LogP contribution in [0.3, 0.4) is 0 Å². The number of carboxylic acid groups (broad SMARTS) is 1. The number of hydrogen-bond acceptors (Lipinski definition) is 6. The SMILES string of the molecule is CC(C)[C@@H](C)[C@@]1(C)CC[C@]2(C)[C@H]3CC[C@@H]4[C@@]5(COC[C@@]4(C)[C@@H](O)[C@H](n4ncnc4-c4ccn6ccnc6c4)C5)C3=CC[C@@]2(C)[C@@H]1C(=O)O. The lowest BCUT2D eigenvalue weighted by atomic mass is 9.34. The maximum Gasteiger partial charge on any atom is 0.307 e. The Morgan fingerprint density at radius 2 is 1.83 bits per heavy atom. The zero-order valence-electron chi connectivity index (χ0n) is 29.7. The molecule has 1 saturated heterocycles. The van der Waals surface area contributed by atoms with Crippen LogP contribution in [-0.4, -0.2) is 59.6 Å². The van der Waals surface area contributed by atoms with E-state index in [4.69, 9.17) is 14.8 Å². The van der Waals surface area contributed by atoms with Crippen molar-refractivity contribution in [2.45, 2.75) is 99.1 Å². The number of ether oxygens (including phenoxy) is 1. The van der Waals surface area contributed by atoms with Crippen LogP contribution in [0.4, 0.5) is 0 Å². The number of aliphatic hydroxyl groups excluding tert-OH is 1. The van der Waals surface area contributed by atoms with E-state index in [-0.39, 0.29) is 39.5 Å². The lowest BCUT2D eigenvalue weighted by molar-refractivity contribution is -0.240. The van der Waals surface area contributed by atoms with Gasteiger partial charge in [-0.2, -0.15) is 5.10 Å². The second kappa shape index (κ2) is 10.5. The minimum absolute atomic E-state index is 0.159. The topological polar surface area (TPSA) is 115 Å². The molecule has 9 heteroatoms. The summed E-state index contributed by atoms with van der Waals surface area (Å²) >= 11 is 0. The zero-order chi connectivity index (χ0) is 34.0. The molecular weight excluding hydrogens is 602 g/mol. The van der Waals surface area contributed by atoms with Gasteiger partial charge in [0.05, 0.1) is 31.3 Å². The van der Waals surface area contributed by atoms with Crippen LogP contribution in [-0.2, 0) is 9.53 Å². The lowest BCUT2D eigenvalue weighted by Gasteiger charge is -2.71. The van der Waals surface area contributed by atoms with Crippen LogP contribution < -0.4 is 0 Å². The van der Waals surface area contributed by atoms with Crippen LogP contribution in [0.15, 0.2) is 48.7 Å². The molecule has 3 aromatic rings. The average Bonchev–Trinajstić information content (AvgIpc) is 3.72. The first-order valence-electron chi connectivity index (χ1n) is 18.2. The van der Waals surface area contributed by atoms with Crippen LogP contribution in [0.2, 0.25) is 0 Å². The van der Waals surface area contributed by atoms with Gasteiger partial charge in [0.2, 0.25) is 0 Å². The minimum Gasteiger partial charge on any atom is -0.481 e. The first-order chi connectivity index (χ1) is 22.7. The quantitative estimate of drug-likeness (QED) is 0.282. The molecule has 4 fully saturated rings. The minimum atomic E-state index is -0.655. The number of imidazole rings is 1. The number of aromatic nitrogens is 5. The molecule has 1 aliphatic heterocycles. The molecule has 3 aromatic heterocycles. The van der Waals surface area contributed by atoms with E-state index < -0.39 is 23.4 Å². The molecule has 0 amide bonds. The van der Waals surface area contributed by atoms with Gasteiger partial charge in [0, 0.05) is 35.0 Å². The smallest absolute Gasteiger partial charge is 0.307 e. The molecule has 3 saturated carbocycles. The highest BCUT2D eigenvalue weighted by Gasteiger charge is 2.71. The Kier molecular flexibility index (Phi) is 7.03. The van der Waals surface area contributed by atoms with Gasteiger partial charge in [0.15, 0.2) is 5.82 Å². The predicted molar refractivity (Wildman–Crippen MR) is 183 cm³/mol. The molecule has 48 heavy (non-hydrogen) atoms. The highest BCUT2D eigenvalue weighted by Crippen LogP contribution is 2.75. The molecule has 258 valence electrons. The molecular formula is C39H53N5O4. The Bertz CT molecular complexity index is 1800. The predicted octanol–water partition coefficient (Wildman–Crippen LogP) is 7.08. The van der Waals surface area contributed by atoms with Crippen LogP contribution in [0.5, 0.6) is 0 Å². The van der Waals surface area contributed by atoms with E-state index in [1.54, 1.807) is 12.5 Å². The van der Waals surface area contributed by atoms with Gasteiger partial charge < -0.3 is 19.4 Å². The number of hydrogen-bond donors (Lipinski definition) is 2. The largest absolute Gasteiger partial charge is 0.481 e. The number of pyridine rings is 1. The molecule has 0 spiro atoms. The van der Waals surface area contributed by atoms with Crippen molar-refractivity contribution in [2.24, 2.45) is 56.7 Å². The fraction of sp³-hybridized carbons (Fsp3) is 0.692. The third-order valence-electron chi connectivity index (χ3n) is 15.7. The van der Waals surface area contributed by atoms with E-state index in [0.717, 1.165) is 55.6 Å². The van der Waals surface area contributed by atoms with E-state index in [9.17, 15) is 15.0 Å². The van der Waals surface area contributed by atoms with Crippen molar-refractivity contribution in [3.05, 3.63) is 48.7 Å². The summed E-state index contributed by atoms with van der Waals surface area (Å²) in [6.45, 7) is 17.1. The van der Waals surface area contributed by atoms with Gasteiger partial charge in [-0.15, -0.1) is 0 Å². The van der Waals surface area contributed by atoms with Gasteiger partial charge in [-0.25, -0.2) is 14.6 Å². The molecule has 5 aliphatic rings. The summed E-state index contributed by atoms with van der Waals surface area (Å²) in [5.74, 6) is 0.948. The normalized spacial score (nSPS) is 42.9. The number of nitrogens with zero attached hydrogens (tertiary/aromatic N) is 5. The van der Waals surface area contributed by atoms with Crippen LogP contribution in [0, 0.1) is 56.7 Å². The number of rotatable bonds is 5. The summed E-state index contributed by atoms with van der Waals surface area (Å²) in [4.78, 5) is 22.6. The first kappa shape index (κ1) is 32.2. The van der Waals surface area contributed by atoms with Crippen molar-refractivity contribution >= 4 is 11.6 Å². The second-order valence-electron chi connectivity index (χ2n) is 17.7. The van der Waals surface area contributed by atoms with Crippen molar-refractivity contribution in [1.82, 2.24) is 24.1 Å². The van der Waals surface area contributed by atoms with Crippen molar-refractivity contribution in [1.29, 1.82) is 0 Å². The van der Waals surface area contributed by atoms with Gasteiger partial charge in [-0.05, 0) is 90.6 Å². The summed E-state index contributed by atoms with van der Waals surface area (Å²) < 4.78 is 10.5. The molecule has 4 heterocycles. The maximum atomic E-state index is 13.4. The first-order valence-corrected chi connectivity index (χ1v) is 18.2. The molecule has 8 rings (SSSR count). The third kappa shape index (κ3) is 3.97. The highest BCUT2D eigenvalue weighted by molar-refractivity contribution is 5.73. The summed E-state index contributed by atoms with van der Waals surface area (Å²) in [6, 6.07) is 3.78. The van der Waals surface area contributed by atoms with Gasteiger partial charge in [0.1, 0.15) is 12.0 Å². The van der Waals surface area contributed by atoms with Crippen molar-refractivity contribution in [2.75, 3.05) is 13.2 Å². The fourth-order valence-electron chi connectivity index (χ4n) is 12.6. The van der Waals surface area contributed by atoms with E-state index >= 15 is 0 Å². The van der Waals surface area contributed by atoms with E-state index in [1.807, 2.05) is 33.6 Å². The molecule has 2 N–H and O–H groups in total. The van der Waals surface area contributed by atoms with E-state index in [2.05, 4.69) is 59.5 Å². The van der Waals surface area contributed by atoms with Crippen LogP contribution >= 0.6 is 0 Å². The number of carbonyl (C=O) groups is 1. The van der Waals surface area contributed by atoms with E-state index in [0.29, 0.717) is 25.0 Å². The Morgan fingerprint density at radius 3 is 2.58 bits per heavy atom. The van der Waals surface area contributed by atoms with Crippen molar-refractivity contribution < 1.29 is 19.7 Å². The Labute approximate surface area is 284 Å². The summed E-state index contributed by atoms with van der Waals surface area (Å²) in [7, 11) is 0. The van der Waals surface area contributed by atoms with E-state index in [1.165, 1.54) is 5.57 Å². The monoisotopic (exact) mass is 655 g/mol. The number of aliphatic carboxylic acids is 1. The summed E-state index contributed by atoms with van der Waals surface area (Å²) in [6.07, 6.45) is 14.6. The molecule has 4 aliphatic carbocycles.